The molecule has 0 bridgehead atoms. The van der Waals surface area contributed by atoms with Crippen molar-refractivity contribution in [3.63, 3.8) is 0 Å². The van der Waals surface area contributed by atoms with Crippen LogP contribution in [0.4, 0.5) is 0 Å². The van der Waals surface area contributed by atoms with Gasteiger partial charge in [0.25, 0.3) is 0 Å². The molecule has 2 aliphatic heterocycles. The average molecular weight is 330 g/mol. The molecular formula is C18H22N2O4. The Morgan fingerprint density at radius 1 is 1.29 bits per heavy atom. The zero-order valence-electron chi connectivity index (χ0n) is 13.9. The summed E-state index contributed by atoms with van der Waals surface area (Å²) in [5.74, 6) is 1.44. The quantitative estimate of drug-likeness (QED) is 0.792. The maximum absolute atomic E-state index is 12.3. The van der Waals surface area contributed by atoms with Crippen LogP contribution in [-0.4, -0.2) is 47.5 Å². The van der Waals surface area contributed by atoms with Gasteiger partial charge in [0.05, 0.1) is 0 Å². The van der Waals surface area contributed by atoms with Crippen molar-refractivity contribution in [3.8, 4) is 11.5 Å². The average Bonchev–Trinajstić information content (AvgIpc) is 3.07. The van der Waals surface area contributed by atoms with Crippen molar-refractivity contribution < 1.29 is 19.1 Å². The number of nitrogens with zero attached hydrogens (tertiary/aromatic N) is 2. The molecule has 6 nitrogen and oxygen atoms in total. The van der Waals surface area contributed by atoms with Gasteiger partial charge in [-0.05, 0) is 36.6 Å². The third kappa shape index (κ3) is 3.37. The minimum Gasteiger partial charge on any atom is -0.454 e. The monoisotopic (exact) mass is 330 g/mol. The maximum Gasteiger partial charge on any atom is 0.246 e. The summed E-state index contributed by atoms with van der Waals surface area (Å²) in [6.07, 6.45) is 2.91. The molecule has 0 unspecified atom stereocenters. The van der Waals surface area contributed by atoms with E-state index in [1.807, 2.05) is 28.0 Å². The number of hydrogen-bond donors (Lipinski definition) is 0. The number of piperidine rings is 1. The molecule has 2 amide bonds. The Balaban J connectivity index is 1.72. The van der Waals surface area contributed by atoms with Crippen LogP contribution in [0.2, 0.25) is 0 Å². The predicted octanol–water partition coefficient (Wildman–Crippen LogP) is 1.94. The first-order chi connectivity index (χ1) is 11.6. The molecule has 0 N–H and O–H groups in total. The highest BCUT2D eigenvalue weighted by atomic mass is 16.7. The lowest BCUT2D eigenvalue weighted by Gasteiger charge is -2.38. The Hall–Kier alpha value is -2.50. The molecule has 3 rings (SSSR count). The summed E-state index contributed by atoms with van der Waals surface area (Å²) < 4.78 is 10.7. The number of likely N-dealkylation sites (tertiary alicyclic amines) is 1. The molecule has 0 aliphatic carbocycles. The molecule has 0 atom stereocenters. The third-order valence-corrected chi connectivity index (χ3v) is 4.60. The van der Waals surface area contributed by atoms with Gasteiger partial charge < -0.3 is 19.3 Å². The maximum atomic E-state index is 12.3. The Kier molecular flexibility index (Phi) is 4.74. The Morgan fingerprint density at radius 2 is 2.00 bits per heavy atom. The van der Waals surface area contributed by atoms with Gasteiger partial charge in [-0.3, -0.25) is 9.59 Å². The van der Waals surface area contributed by atoms with Gasteiger partial charge in [0.15, 0.2) is 11.5 Å². The van der Waals surface area contributed by atoms with Crippen molar-refractivity contribution in [1.82, 2.24) is 9.80 Å². The van der Waals surface area contributed by atoms with Crippen molar-refractivity contribution in [2.45, 2.75) is 32.4 Å². The Bertz CT molecular complexity index is 650. The van der Waals surface area contributed by atoms with Crippen LogP contribution in [0.5, 0.6) is 11.5 Å². The van der Waals surface area contributed by atoms with E-state index in [1.165, 1.54) is 6.08 Å². The van der Waals surface area contributed by atoms with E-state index in [0.717, 1.165) is 24.2 Å². The topological polar surface area (TPSA) is 59.1 Å². The summed E-state index contributed by atoms with van der Waals surface area (Å²) in [6, 6.07) is 5.83. The molecule has 2 aliphatic rings. The van der Waals surface area contributed by atoms with Gasteiger partial charge in [0, 0.05) is 32.6 Å². The number of carbonyl (C=O) groups excluding carboxylic acids is 2. The van der Waals surface area contributed by atoms with Gasteiger partial charge in [-0.15, -0.1) is 0 Å². The minimum absolute atomic E-state index is 0.0887. The standard InChI is InChI=1S/C18H22N2O4/c1-3-18(22)20(15-6-8-19(9-7-15)13(2)21)11-14-4-5-16-17(10-14)24-12-23-16/h3-5,10,15H,1,6-9,11-12H2,2H3. The van der Waals surface area contributed by atoms with Crippen molar-refractivity contribution in [2.75, 3.05) is 19.9 Å². The lowest BCUT2D eigenvalue weighted by molar-refractivity contribution is -0.133. The molecule has 0 saturated carbocycles. The second-order valence-corrected chi connectivity index (χ2v) is 6.10. The number of amides is 2. The molecule has 1 aromatic carbocycles. The molecule has 0 aromatic heterocycles. The fraction of sp³-hybridized carbons (Fsp3) is 0.444. The molecule has 24 heavy (non-hydrogen) atoms. The summed E-state index contributed by atoms with van der Waals surface area (Å²) in [6.45, 7) is 7.29. The molecule has 128 valence electrons. The van der Waals surface area contributed by atoms with Crippen LogP contribution in [-0.2, 0) is 16.1 Å². The molecule has 0 spiro atoms. The molecule has 0 radical (unpaired) electrons. The zero-order valence-corrected chi connectivity index (χ0v) is 13.9. The van der Waals surface area contributed by atoms with E-state index >= 15 is 0 Å². The smallest absolute Gasteiger partial charge is 0.246 e. The van der Waals surface area contributed by atoms with Gasteiger partial charge in [-0.25, -0.2) is 0 Å². The van der Waals surface area contributed by atoms with E-state index in [-0.39, 0.29) is 24.6 Å². The number of carbonyl (C=O) groups is 2. The SMILES string of the molecule is C=CC(=O)N(Cc1ccc2c(c1)OCO2)C1CCN(C(C)=O)CC1. The van der Waals surface area contributed by atoms with Crippen LogP contribution in [0.3, 0.4) is 0 Å². The Morgan fingerprint density at radius 3 is 2.67 bits per heavy atom. The lowest BCUT2D eigenvalue weighted by Crippen LogP contribution is -2.47. The van der Waals surface area contributed by atoms with Crippen LogP contribution < -0.4 is 9.47 Å². The van der Waals surface area contributed by atoms with E-state index in [0.29, 0.717) is 25.4 Å². The highest BCUT2D eigenvalue weighted by molar-refractivity contribution is 5.87. The van der Waals surface area contributed by atoms with Gasteiger partial charge >= 0.3 is 0 Å². The molecule has 1 aromatic rings. The van der Waals surface area contributed by atoms with Gasteiger partial charge in [-0.2, -0.15) is 0 Å². The highest BCUT2D eigenvalue weighted by Gasteiger charge is 2.28. The molecular weight excluding hydrogens is 308 g/mol. The first-order valence-electron chi connectivity index (χ1n) is 8.15. The van der Waals surface area contributed by atoms with Crippen LogP contribution in [0.1, 0.15) is 25.3 Å². The van der Waals surface area contributed by atoms with Crippen molar-refractivity contribution in [3.05, 3.63) is 36.4 Å². The molecule has 6 heteroatoms. The summed E-state index contributed by atoms with van der Waals surface area (Å²) >= 11 is 0. The summed E-state index contributed by atoms with van der Waals surface area (Å²) in [4.78, 5) is 27.5. The zero-order chi connectivity index (χ0) is 17.1. The second kappa shape index (κ2) is 6.95. The fourth-order valence-corrected chi connectivity index (χ4v) is 3.23. The third-order valence-electron chi connectivity index (χ3n) is 4.60. The van der Waals surface area contributed by atoms with E-state index in [9.17, 15) is 9.59 Å². The Labute approximate surface area is 141 Å². The second-order valence-electron chi connectivity index (χ2n) is 6.10. The van der Waals surface area contributed by atoms with Crippen molar-refractivity contribution in [1.29, 1.82) is 0 Å². The van der Waals surface area contributed by atoms with Gasteiger partial charge in [0.1, 0.15) is 0 Å². The first-order valence-corrected chi connectivity index (χ1v) is 8.15. The summed E-state index contributed by atoms with van der Waals surface area (Å²) in [5, 5.41) is 0. The lowest BCUT2D eigenvalue weighted by atomic mass is 10.0. The summed E-state index contributed by atoms with van der Waals surface area (Å²) in [7, 11) is 0. The van der Waals surface area contributed by atoms with Crippen LogP contribution in [0, 0.1) is 0 Å². The van der Waals surface area contributed by atoms with Crippen molar-refractivity contribution >= 4 is 11.8 Å². The normalized spacial score (nSPS) is 16.8. The van der Waals surface area contributed by atoms with Gasteiger partial charge in [-0.1, -0.05) is 12.6 Å². The molecule has 2 heterocycles. The number of fused-ring (bicyclic) bond motifs is 1. The van der Waals surface area contributed by atoms with E-state index < -0.39 is 0 Å². The molecule has 1 saturated heterocycles. The number of benzene rings is 1. The molecule has 1 fully saturated rings. The van der Waals surface area contributed by atoms with Crippen LogP contribution in [0.15, 0.2) is 30.9 Å². The fourth-order valence-electron chi connectivity index (χ4n) is 3.23. The van der Waals surface area contributed by atoms with Crippen LogP contribution in [0.25, 0.3) is 0 Å². The van der Waals surface area contributed by atoms with E-state index in [4.69, 9.17) is 9.47 Å². The predicted molar refractivity (Wildman–Crippen MR) is 88.6 cm³/mol. The summed E-state index contributed by atoms with van der Waals surface area (Å²) in [5.41, 5.74) is 0.989. The number of ether oxygens (including phenoxy) is 2. The first kappa shape index (κ1) is 16.4. The highest BCUT2D eigenvalue weighted by Crippen LogP contribution is 2.33. The van der Waals surface area contributed by atoms with Crippen LogP contribution >= 0.6 is 0 Å². The number of hydrogen-bond acceptors (Lipinski definition) is 4. The number of rotatable bonds is 4. The van der Waals surface area contributed by atoms with E-state index in [1.54, 1.807) is 6.92 Å². The van der Waals surface area contributed by atoms with Gasteiger partial charge in [0.2, 0.25) is 18.6 Å². The minimum atomic E-state index is -0.0889. The van der Waals surface area contributed by atoms with Crippen molar-refractivity contribution in [2.24, 2.45) is 0 Å². The van der Waals surface area contributed by atoms with E-state index in [2.05, 4.69) is 6.58 Å². The largest absolute Gasteiger partial charge is 0.454 e.